The number of anilines is 2. The highest BCUT2D eigenvalue weighted by Gasteiger charge is 2.12. The van der Waals surface area contributed by atoms with Gasteiger partial charge in [-0.15, -0.1) is 12.4 Å². The minimum absolute atomic E-state index is 0. The summed E-state index contributed by atoms with van der Waals surface area (Å²) in [5.74, 6) is 1.96. The van der Waals surface area contributed by atoms with Crippen molar-refractivity contribution in [1.82, 2.24) is 9.97 Å². The molecule has 6 nitrogen and oxygen atoms in total. The molecule has 0 spiro atoms. The Labute approximate surface area is 164 Å². The number of carbonyl (C=O) groups excluding carboxylic acids is 1. The summed E-state index contributed by atoms with van der Waals surface area (Å²) in [5.41, 5.74) is 2.17. The van der Waals surface area contributed by atoms with Crippen molar-refractivity contribution in [2.45, 2.75) is 20.8 Å². The molecular weight excluding hydrogens is 366 g/mol. The summed E-state index contributed by atoms with van der Waals surface area (Å²) < 4.78 is 11.4. The Bertz CT molecular complexity index is 947. The first kappa shape index (κ1) is 20.5. The second kappa shape index (κ2) is 9.19. The molecule has 0 saturated carbocycles. The number of fused-ring (bicyclic) bond motifs is 1. The normalized spacial score (nSPS) is 10.2. The lowest BCUT2D eigenvalue weighted by Crippen LogP contribution is -2.01. The molecule has 0 aliphatic heterocycles. The monoisotopic (exact) mass is 387 g/mol. The van der Waals surface area contributed by atoms with Crippen LogP contribution in [0.25, 0.3) is 10.9 Å². The van der Waals surface area contributed by atoms with Crippen molar-refractivity contribution in [1.29, 1.82) is 0 Å². The summed E-state index contributed by atoms with van der Waals surface area (Å²) in [6.45, 7) is 6.47. The third kappa shape index (κ3) is 4.65. The van der Waals surface area contributed by atoms with Gasteiger partial charge in [0.1, 0.15) is 12.1 Å². The molecule has 142 valence electrons. The minimum Gasteiger partial charge on any atom is -0.490 e. The number of nitrogens with one attached hydrogen (secondary N) is 1. The van der Waals surface area contributed by atoms with Gasteiger partial charge < -0.3 is 14.8 Å². The van der Waals surface area contributed by atoms with E-state index in [0.717, 1.165) is 16.6 Å². The highest BCUT2D eigenvalue weighted by atomic mass is 35.5. The second-order valence-electron chi connectivity index (χ2n) is 5.67. The standard InChI is InChI=1S/C20H21N3O3.ClH/c1-4-25-18-10-16-17(11-19(18)26-5-2)21-12-22-20(16)23-15-8-6-7-14(9-15)13(3)24;/h6-12H,4-5H2,1-3H3,(H,21,22,23);1H. The van der Waals surface area contributed by atoms with E-state index in [0.29, 0.717) is 36.1 Å². The molecule has 1 heterocycles. The molecule has 0 atom stereocenters. The molecule has 0 aliphatic rings. The maximum atomic E-state index is 11.6. The lowest BCUT2D eigenvalue weighted by molar-refractivity contribution is 0.101. The van der Waals surface area contributed by atoms with E-state index in [2.05, 4.69) is 15.3 Å². The van der Waals surface area contributed by atoms with Crippen LogP contribution < -0.4 is 14.8 Å². The third-order valence-corrected chi connectivity index (χ3v) is 3.83. The largest absolute Gasteiger partial charge is 0.490 e. The lowest BCUT2D eigenvalue weighted by atomic mass is 10.1. The van der Waals surface area contributed by atoms with Crippen molar-refractivity contribution < 1.29 is 14.3 Å². The van der Waals surface area contributed by atoms with Crippen LogP contribution in [0.15, 0.2) is 42.7 Å². The molecule has 0 fully saturated rings. The number of carbonyl (C=O) groups is 1. The predicted molar refractivity (Wildman–Crippen MR) is 109 cm³/mol. The van der Waals surface area contributed by atoms with Crippen LogP contribution in [0.5, 0.6) is 11.5 Å². The molecule has 2 aromatic carbocycles. The Morgan fingerprint density at radius 3 is 2.41 bits per heavy atom. The zero-order chi connectivity index (χ0) is 18.5. The van der Waals surface area contributed by atoms with Crippen LogP contribution in [0.4, 0.5) is 11.5 Å². The molecular formula is C20H22ClN3O3. The van der Waals surface area contributed by atoms with E-state index in [-0.39, 0.29) is 18.2 Å². The summed E-state index contributed by atoms with van der Waals surface area (Å²) >= 11 is 0. The minimum atomic E-state index is 0. The van der Waals surface area contributed by atoms with E-state index >= 15 is 0 Å². The zero-order valence-corrected chi connectivity index (χ0v) is 16.3. The Hall–Kier alpha value is -2.86. The van der Waals surface area contributed by atoms with Crippen LogP contribution in [0.1, 0.15) is 31.1 Å². The lowest BCUT2D eigenvalue weighted by Gasteiger charge is -2.14. The summed E-state index contributed by atoms with van der Waals surface area (Å²) in [6, 6.07) is 11.0. The van der Waals surface area contributed by atoms with E-state index in [1.54, 1.807) is 19.1 Å². The number of benzene rings is 2. The van der Waals surface area contributed by atoms with Crippen LogP contribution in [0.2, 0.25) is 0 Å². The van der Waals surface area contributed by atoms with Gasteiger partial charge in [0.25, 0.3) is 0 Å². The van der Waals surface area contributed by atoms with Gasteiger partial charge in [0, 0.05) is 22.7 Å². The average Bonchev–Trinajstić information content (AvgIpc) is 2.63. The van der Waals surface area contributed by atoms with Gasteiger partial charge in [0.2, 0.25) is 0 Å². The second-order valence-corrected chi connectivity index (χ2v) is 5.67. The molecule has 3 aromatic rings. The van der Waals surface area contributed by atoms with Crippen LogP contribution in [0.3, 0.4) is 0 Å². The molecule has 0 unspecified atom stereocenters. The topological polar surface area (TPSA) is 73.3 Å². The highest BCUT2D eigenvalue weighted by molar-refractivity contribution is 5.96. The number of rotatable bonds is 7. The summed E-state index contributed by atoms with van der Waals surface area (Å²) in [4.78, 5) is 20.3. The first-order valence-corrected chi connectivity index (χ1v) is 8.54. The first-order chi connectivity index (χ1) is 12.6. The molecule has 7 heteroatoms. The molecule has 0 amide bonds. The SMILES string of the molecule is CCOc1cc2ncnc(Nc3cccc(C(C)=O)c3)c2cc1OCC.Cl. The number of Topliss-reactive ketones (excluding diaryl/α,β-unsaturated/α-hetero) is 1. The van der Waals surface area contributed by atoms with Gasteiger partial charge >= 0.3 is 0 Å². The fraction of sp³-hybridized carbons (Fsp3) is 0.250. The maximum Gasteiger partial charge on any atom is 0.163 e. The van der Waals surface area contributed by atoms with Crippen LogP contribution in [-0.2, 0) is 0 Å². The third-order valence-electron chi connectivity index (χ3n) is 3.83. The number of halogens is 1. The smallest absolute Gasteiger partial charge is 0.163 e. The Morgan fingerprint density at radius 1 is 1.04 bits per heavy atom. The van der Waals surface area contributed by atoms with Gasteiger partial charge in [0.15, 0.2) is 17.3 Å². The number of hydrogen-bond acceptors (Lipinski definition) is 6. The fourth-order valence-corrected chi connectivity index (χ4v) is 2.65. The van der Waals surface area contributed by atoms with E-state index in [1.807, 2.05) is 38.1 Å². The van der Waals surface area contributed by atoms with Gasteiger partial charge in [-0.3, -0.25) is 4.79 Å². The maximum absolute atomic E-state index is 11.6. The van der Waals surface area contributed by atoms with Gasteiger partial charge in [-0.05, 0) is 39.0 Å². The molecule has 1 aromatic heterocycles. The fourth-order valence-electron chi connectivity index (χ4n) is 2.65. The van der Waals surface area contributed by atoms with E-state index in [9.17, 15) is 4.79 Å². The molecule has 3 rings (SSSR count). The van der Waals surface area contributed by atoms with Crippen molar-refractivity contribution in [2.24, 2.45) is 0 Å². The Balaban J connectivity index is 0.00000261. The van der Waals surface area contributed by atoms with Crippen molar-refractivity contribution >= 4 is 40.6 Å². The predicted octanol–water partition coefficient (Wildman–Crippen LogP) is 4.80. The number of ketones is 1. The number of hydrogen-bond donors (Lipinski definition) is 1. The van der Waals surface area contributed by atoms with Gasteiger partial charge in [-0.2, -0.15) is 0 Å². The molecule has 0 bridgehead atoms. The number of aromatic nitrogens is 2. The van der Waals surface area contributed by atoms with Crippen LogP contribution in [-0.4, -0.2) is 29.0 Å². The van der Waals surface area contributed by atoms with Gasteiger partial charge in [-0.25, -0.2) is 9.97 Å². The van der Waals surface area contributed by atoms with Crippen molar-refractivity contribution in [3.63, 3.8) is 0 Å². The molecule has 0 aliphatic carbocycles. The summed E-state index contributed by atoms with van der Waals surface area (Å²) in [7, 11) is 0. The van der Waals surface area contributed by atoms with Gasteiger partial charge in [-0.1, -0.05) is 12.1 Å². The van der Waals surface area contributed by atoms with E-state index in [4.69, 9.17) is 9.47 Å². The molecule has 27 heavy (non-hydrogen) atoms. The van der Waals surface area contributed by atoms with Crippen molar-refractivity contribution in [3.05, 3.63) is 48.3 Å². The number of nitrogens with zero attached hydrogens (tertiary/aromatic N) is 2. The number of ether oxygens (including phenoxy) is 2. The van der Waals surface area contributed by atoms with Gasteiger partial charge in [0.05, 0.1) is 18.7 Å². The molecule has 1 N–H and O–H groups in total. The van der Waals surface area contributed by atoms with Crippen LogP contribution >= 0.6 is 12.4 Å². The zero-order valence-electron chi connectivity index (χ0n) is 15.5. The first-order valence-electron chi connectivity index (χ1n) is 8.54. The Morgan fingerprint density at radius 2 is 1.74 bits per heavy atom. The summed E-state index contributed by atoms with van der Waals surface area (Å²) in [5, 5.41) is 4.08. The molecule has 0 radical (unpaired) electrons. The van der Waals surface area contributed by atoms with E-state index < -0.39 is 0 Å². The molecule has 0 saturated heterocycles. The van der Waals surface area contributed by atoms with E-state index in [1.165, 1.54) is 6.33 Å². The quantitative estimate of drug-likeness (QED) is 0.587. The average molecular weight is 388 g/mol. The van der Waals surface area contributed by atoms with Crippen molar-refractivity contribution in [2.75, 3.05) is 18.5 Å². The van der Waals surface area contributed by atoms with Crippen molar-refractivity contribution in [3.8, 4) is 11.5 Å². The summed E-state index contributed by atoms with van der Waals surface area (Å²) in [6.07, 6.45) is 1.50. The van der Waals surface area contributed by atoms with Crippen LogP contribution in [0, 0.1) is 0 Å². The highest BCUT2D eigenvalue weighted by Crippen LogP contribution is 2.35. The Kier molecular flexibility index (Phi) is 6.96.